The van der Waals surface area contributed by atoms with E-state index in [9.17, 15) is 21.6 Å². The number of halogens is 3. The lowest BCUT2D eigenvalue weighted by atomic mass is 10.2. The van der Waals surface area contributed by atoms with Crippen LogP contribution in [0.1, 0.15) is 16.8 Å². The van der Waals surface area contributed by atoms with Gasteiger partial charge in [0.2, 0.25) is 16.0 Å². The number of anilines is 4. The van der Waals surface area contributed by atoms with Gasteiger partial charge in [-0.15, -0.1) is 0 Å². The van der Waals surface area contributed by atoms with Crippen molar-refractivity contribution in [1.29, 1.82) is 0 Å². The summed E-state index contributed by atoms with van der Waals surface area (Å²) in [6, 6.07) is 6.88. The number of carboxylic acid groups (broad SMARTS) is 1. The van der Waals surface area contributed by atoms with Crippen LogP contribution in [-0.4, -0.2) is 45.8 Å². The zero-order chi connectivity index (χ0) is 24.4. The molecule has 1 aromatic carbocycles. The minimum absolute atomic E-state index is 0.277. The average Bonchev–Trinajstić information content (AvgIpc) is 3.21. The highest BCUT2D eigenvalue weighted by molar-refractivity contribution is 7.89. The quantitative estimate of drug-likeness (QED) is 0.374. The van der Waals surface area contributed by atoms with Gasteiger partial charge in [-0.3, -0.25) is 5.10 Å². The molecule has 3 aromatic rings. The highest BCUT2D eigenvalue weighted by Gasteiger charge is 2.38. The highest BCUT2D eigenvalue weighted by Crippen LogP contribution is 2.27. The molecule has 0 aliphatic carbocycles. The number of carbonyl (C=O) groups is 1. The van der Waals surface area contributed by atoms with Crippen LogP contribution in [0.4, 0.5) is 36.4 Å². The first-order chi connectivity index (χ1) is 15.4. The number of sulfonamides is 1. The first-order valence-corrected chi connectivity index (χ1v) is 10.7. The van der Waals surface area contributed by atoms with Gasteiger partial charge in [-0.25, -0.2) is 22.9 Å². The first-order valence-electron chi connectivity index (χ1n) is 9.18. The van der Waals surface area contributed by atoms with Crippen molar-refractivity contribution in [3.8, 4) is 0 Å². The summed E-state index contributed by atoms with van der Waals surface area (Å²) in [5.74, 6) is -1.13. The topological polar surface area (TPSA) is 162 Å². The number of H-pyrrole nitrogens is 1. The normalized spacial score (nSPS) is 14.1. The third-order valence-corrected chi connectivity index (χ3v) is 5.95. The van der Waals surface area contributed by atoms with Crippen molar-refractivity contribution in [1.82, 2.24) is 24.9 Å². The molecule has 15 heteroatoms. The molecular weight excluding hydrogens is 467 g/mol. The third kappa shape index (κ3) is 5.75. The number of carboxylic acids is 1. The number of aliphatic carboxylic acids is 1. The van der Waals surface area contributed by atoms with Crippen LogP contribution in [0.3, 0.4) is 0 Å². The van der Waals surface area contributed by atoms with Crippen LogP contribution in [-0.2, 0) is 21.4 Å². The van der Waals surface area contributed by atoms with Crippen molar-refractivity contribution in [3.63, 3.8) is 0 Å². The van der Waals surface area contributed by atoms with Crippen molar-refractivity contribution in [3.05, 3.63) is 47.3 Å². The molecule has 0 fully saturated rings. The van der Waals surface area contributed by atoms with Crippen LogP contribution < -0.4 is 15.4 Å². The summed E-state index contributed by atoms with van der Waals surface area (Å²) in [7, 11) is -3.43. The van der Waals surface area contributed by atoms with Gasteiger partial charge in [0.05, 0.1) is 4.90 Å². The molecule has 3 heterocycles. The molecule has 0 unspecified atom stereocenters. The van der Waals surface area contributed by atoms with Gasteiger partial charge in [0.1, 0.15) is 5.82 Å². The maximum atomic E-state index is 12.0. The fourth-order valence-corrected chi connectivity index (χ4v) is 3.89. The number of aromatic nitrogens is 4. The lowest BCUT2D eigenvalue weighted by molar-refractivity contribution is -0.192. The van der Waals surface area contributed by atoms with E-state index in [4.69, 9.17) is 9.90 Å². The number of hydrogen-bond acceptors (Lipinski definition) is 8. The summed E-state index contributed by atoms with van der Waals surface area (Å²) in [5, 5.41) is 20.4. The number of rotatable bonds is 4. The van der Waals surface area contributed by atoms with E-state index in [1.807, 2.05) is 13.8 Å². The number of fused-ring (bicyclic) bond motifs is 1. The number of aryl methyl sites for hydroxylation is 1. The summed E-state index contributed by atoms with van der Waals surface area (Å²) in [6.45, 7) is 4.22. The summed E-state index contributed by atoms with van der Waals surface area (Å²) in [5.41, 5.74) is 3.33. The van der Waals surface area contributed by atoms with E-state index in [2.05, 4.69) is 35.5 Å². The number of nitrogens with one attached hydrogen (secondary N) is 4. The molecule has 176 valence electrons. The van der Waals surface area contributed by atoms with Gasteiger partial charge < -0.3 is 15.7 Å². The van der Waals surface area contributed by atoms with Crippen molar-refractivity contribution < 1.29 is 31.5 Å². The molecule has 1 aliphatic heterocycles. The molecule has 1 aliphatic rings. The third-order valence-electron chi connectivity index (χ3n) is 4.46. The zero-order valence-corrected chi connectivity index (χ0v) is 18.0. The number of aromatic amines is 1. The molecule has 33 heavy (non-hydrogen) atoms. The van der Waals surface area contributed by atoms with Crippen molar-refractivity contribution in [2.24, 2.45) is 0 Å². The Morgan fingerprint density at radius 1 is 1.18 bits per heavy atom. The summed E-state index contributed by atoms with van der Waals surface area (Å²) < 4.78 is 58.1. The molecule has 0 radical (unpaired) electrons. The van der Waals surface area contributed by atoms with Gasteiger partial charge in [-0.1, -0.05) is 6.07 Å². The molecule has 5 N–H and O–H groups in total. The Bertz CT molecular complexity index is 1290. The van der Waals surface area contributed by atoms with Gasteiger partial charge >= 0.3 is 12.1 Å². The highest BCUT2D eigenvalue weighted by atomic mass is 32.2. The van der Waals surface area contributed by atoms with E-state index in [1.165, 1.54) is 0 Å². The second kappa shape index (κ2) is 9.03. The van der Waals surface area contributed by atoms with E-state index in [0.717, 1.165) is 16.8 Å². The number of nitrogens with zero attached hydrogens (tertiary/aromatic N) is 3. The van der Waals surface area contributed by atoms with E-state index in [1.54, 1.807) is 30.5 Å². The Hall–Kier alpha value is -3.72. The Balaban J connectivity index is 0.000000383. The minimum atomic E-state index is -5.08. The number of hydrogen-bond donors (Lipinski definition) is 5. The predicted molar refractivity (Wildman–Crippen MR) is 111 cm³/mol. The lowest BCUT2D eigenvalue weighted by Crippen LogP contribution is -2.21. The molecule has 0 spiro atoms. The van der Waals surface area contributed by atoms with Crippen molar-refractivity contribution in [2.45, 2.75) is 31.5 Å². The zero-order valence-electron chi connectivity index (χ0n) is 17.1. The number of benzene rings is 1. The Labute approximate surface area is 185 Å². The van der Waals surface area contributed by atoms with Crippen molar-refractivity contribution >= 4 is 39.3 Å². The maximum absolute atomic E-state index is 12.0. The molecule has 0 atom stereocenters. The molecule has 0 amide bonds. The number of alkyl halides is 3. The first kappa shape index (κ1) is 23.9. The van der Waals surface area contributed by atoms with Gasteiger partial charge in [-0.05, 0) is 37.6 Å². The standard InChI is InChI=1S/C16H17N7O2S.C2HF3O2/c1-9-10(2)22-23-15(9)20-14-5-6-17-16(21-14)19-12-4-3-11-8-18-26(24,25)13(11)7-12;3-2(4,5)1(6)7/h3-7,18H,8H2,1-2H3,(H3,17,19,20,21,22,23);(H,6,7). The lowest BCUT2D eigenvalue weighted by Gasteiger charge is -2.08. The Kier molecular flexibility index (Phi) is 6.55. The molecule has 0 bridgehead atoms. The average molecular weight is 485 g/mol. The summed E-state index contributed by atoms with van der Waals surface area (Å²) >= 11 is 0. The Morgan fingerprint density at radius 2 is 1.88 bits per heavy atom. The van der Waals surface area contributed by atoms with Gasteiger partial charge in [-0.2, -0.15) is 23.3 Å². The second-order valence-electron chi connectivity index (χ2n) is 6.79. The Morgan fingerprint density at radius 3 is 2.48 bits per heavy atom. The van der Waals surface area contributed by atoms with E-state index >= 15 is 0 Å². The van der Waals surface area contributed by atoms with E-state index in [-0.39, 0.29) is 4.90 Å². The van der Waals surface area contributed by atoms with Crippen LogP contribution in [0.25, 0.3) is 0 Å². The second-order valence-corrected chi connectivity index (χ2v) is 8.52. The smallest absolute Gasteiger partial charge is 0.475 e. The fourth-order valence-electron chi connectivity index (χ4n) is 2.62. The van der Waals surface area contributed by atoms with Crippen molar-refractivity contribution in [2.75, 3.05) is 10.6 Å². The van der Waals surface area contributed by atoms with Crippen LogP contribution in [0.2, 0.25) is 0 Å². The molecule has 2 aromatic heterocycles. The van der Waals surface area contributed by atoms with Gasteiger partial charge in [0.25, 0.3) is 0 Å². The van der Waals surface area contributed by atoms with E-state index < -0.39 is 22.2 Å². The molecule has 4 rings (SSSR count). The van der Waals surface area contributed by atoms with Gasteiger partial charge in [0, 0.05) is 29.7 Å². The largest absolute Gasteiger partial charge is 0.490 e. The molecule has 0 saturated carbocycles. The summed E-state index contributed by atoms with van der Waals surface area (Å²) in [4.78, 5) is 17.7. The SMILES string of the molecule is Cc1[nH]nc(Nc2ccnc(Nc3ccc4c(c3)S(=O)(=O)NC4)n2)c1C.O=C(O)C(F)(F)F. The fraction of sp³-hybridized carbons (Fsp3) is 0.222. The molecular formula is C18H18F3N7O4S. The van der Waals surface area contributed by atoms with Crippen LogP contribution in [0.5, 0.6) is 0 Å². The maximum Gasteiger partial charge on any atom is 0.490 e. The summed E-state index contributed by atoms with van der Waals surface area (Å²) in [6.07, 6.45) is -3.47. The van der Waals surface area contributed by atoms with Gasteiger partial charge in [0.15, 0.2) is 5.82 Å². The minimum Gasteiger partial charge on any atom is -0.475 e. The van der Waals surface area contributed by atoms with Crippen LogP contribution >= 0.6 is 0 Å². The van der Waals surface area contributed by atoms with E-state index in [0.29, 0.717) is 29.8 Å². The predicted octanol–water partition coefficient (Wildman–Crippen LogP) is 2.73. The van der Waals surface area contributed by atoms with Crippen LogP contribution in [0, 0.1) is 13.8 Å². The molecule has 0 saturated heterocycles. The van der Waals surface area contributed by atoms with Crippen LogP contribution in [0.15, 0.2) is 35.4 Å². The molecule has 11 nitrogen and oxygen atoms in total. The monoisotopic (exact) mass is 485 g/mol.